The monoisotopic (exact) mass is 909 g/mol. The predicted molar refractivity (Wildman–Crippen MR) is 245 cm³/mol. The Balaban J connectivity index is 1.63. The SMILES string of the molecule is CC[C@H](C)[C@H](NC(=O)[C@H]1CCCCN1C)C(=O)N(CCCCc1cn(CCO)nn1)[C@H](C[C@@H](OC(C)=O)c1nc(C(=O)N[C@@H](Cc2ccc(C)cc2)CC(C)(C)C(=O)O)cs1)C(C)C. The number of carboxylic acid groups (broad SMARTS) is 1. The maximum Gasteiger partial charge on any atom is 0.309 e. The molecule has 1 fully saturated rings. The Morgan fingerprint density at radius 2 is 1.78 bits per heavy atom. The lowest BCUT2D eigenvalue weighted by atomic mass is 9.84. The van der Waals surface area contributed by atoms with Gasteiger partial charge in [-0.3, -0.25) is 28.9 Å². The number of unbranched alkanes of at least 4 members (excludes halogenated alkanes) is 1. The average molecular weight is 909 g/mol. The van der Waals surface area contributed by atoms with Crippen LogP contribution >= 0.6 is 11.3 Å². The number of nitrogens with zero attached hydrogens (tertiary/aromatic N) is 6. The third kappa shape index (κ3) is 15.2. The molecule has 64 heavy (non-hydrogen) atoms. The number of rotatable bonds is 25. The summed E-state index contributed by atoms with van der Waals surface area (Å²) >= 11 is 1.18. The summed E-state index contributed by atoms with van der Waals surface area (Å²) in [5.41, 5.74) is 1.80. The molecular weight excluding hydrogens is 837 g/mol. The molecule has 16 nitrogen and oxygen atoms in total. The van der Waals surface area contributed by atoms with Crippen LogP contribution in [0.15, 0.2) is 35.8 Å². The standard InChI is InChI=1S/C47H72N8O8S/c1-10-32(5)41(50-43(59)38-16-12-13-21-53(38)9)45(60)55(22-14-11-15-35-28-54(23-24-56)52-51-35)39(30(2)3)26-40(63-33(6)57)44-49-37(29-64-44)42(58)48-36(27-47(7,8)46(61)62)25-34-19-17-31(4)18-20-34/h17-20,28-30,32,36,38-41,56H,10-16,21-27H2,1-9H3,(H,48,58)(H,50,59)(H,61,62)/t32-,36-,38+,39+,40+,41-/m0/s1. The molecule has 1 aliphatic heterocycles. The summed E-state index contributed by atoms with van der Waals surface area (Å²) in [6.45, 7) is 16.0. The first kappa shape index (κ1) is 51.9. The minimum atomic E-state index is -1.12. The smallest absolute Gasteiger partial charge is 0.309 e. The molecule has 1 saturated heterocycles. The first-order valence-corrected chi connectivity index (χ1v) is 23.7. The second-order valence-corrected chi connectivity index (χ2v) is 19.4. The lowest BCUT2D eigenvalue weighted by Crippen LogP contribution is -2.59. The first-order valence-electron chi connectivity index (χ1n) is 22.9. The fraction of sp³-hybridized carbons (Fsp3) is 0.660. The molecule has 4 N–H and O–H groups in total. The number of hydrogen-bond acceptors (Lipinski definition) is 12. The van der Waals surface area contributed by atoms with Crippen LogP contribution in [0, 0.1) is 24.2 Å². The highest BCUT2D eigenvalue weighted by atomic mass is 32.1. The Morgan fingerprint density at radius 1 is 1.06 bits per heavy atom. The van der Waals surface area contributed by atoms with Gasteiger partial charge in [0.15, 0.2) is 6.10 Å². The number of aliphatic hydroxyl groups excluding tert-OH is 1. The molecule has 0 spiro atoms. The van der Waals surface area contributed by atoms with Crippen molar-refractivity contribution in [2.24, 2.45) is 17.3 Å². The molecule has 1 aliphatic rings. The number of aryl methyl sites for hydroxylation is 2. The number of aliphatic hydroxyl groups is 1. The highest BCUT2D eigenvalue weighted by Gasteiger charge is 2.39. The number of piperidine rings is 1. The Morgan fingerprint density at radius 3 is 2.41 bits per heavy atom. The summed E-state index contributed by atoms with van der Waals surface area (Å²) in [5, 5.41) is 35.8. The Bertz CT molecular complexity index is 1980. The van der Waals surface area contributed by atoms with Gasteiger partial charge in [-0.15, -0.1) is 16.4 Å². The quantitative estimate of drug-likeness (QED) is 0.0591. The second-order valence-electron chi connectivity index (χ2n) is 18.5. The summed E-state index contributed by atoms with van der Waals surface area (Å²) in [6, 6.07) is 5.76. The van der Waals surface area contributed by atoms with Crippen LogP contribution < -0.4 is 10.6 Å². The van der Waals surface area contributed by atoms with Crippen LogP contribution in [-0.4, -0.2) is 121 Å². The van der Waals surface area contributed by atoms with Crippen LogP contribution in [0.4, 0.5) is 0 Å². The van der Waals surface area contributed by atoms with E-state index < -0.39 is 47.5 Å². The fourth-order valence-corrected chi connectivity index (χ4v) is 9.11. The number of aromatic nitrogens is 4. The van der Waals surface area contributed by atoms with E-state index in [1.165, 1.54) is 18.3 Å². The highest BCUT2D eigenvalue weighted by molar-refractivity contribution is 7.09. The van der Waals surface area contributed by atoms with Gasteiger partial charge in [0, 0.05) is 43.5 Å². The third-order valence-electron chi connectivity index (χ3n) is 12.4. The summed E-state index contributed by atoms with van der Waals surface area (Å²) in [6.07, 6.45) is 6.90. The molecule has 4 rings (SSSR count). The highest BCUT2D eigenvalue weighted by Crippen LogP contribution is 2.32. The second kappa shape index (κ2) is 24.5. The Labute approximate surface area is 382 Å². The summed E-state index contributed by atoms with van der Waals surface area (Å²) in [5.74, 6) is -2.67. The van der Waals surface area contributed by atoms with Crippen molar-refractivity contribution < 1.29 is 38.9 Å². The fourth-order valence-electron chi connectivity index (χ4n) is 8.27. The molecule has 3 aromatic rings. The number of carboxylic acids is 1. The number of carbonyl (C=O) groups is 5. The van der Waals surface area contributed by atoms with Crippen LogP contribution in [0.5, 0.6) is 0 Å². The van der Waals surface area contributed by atoms with Gasteiger partial charge < -0.3 is 30.5 Å². The van der Waals surface area contributed by atoms with E-state index in [1.54, 1.807) is 30.1 Å². The Hall–Kier alpha value is -4.74. The van der Waals surface area contributed by atoms with E-state index in [1.807, 2.05) is 70.8 Å². The molecule has 2 aromatic heterocycles. The number of hydrogen-bond donors (Lipinski definition) is 4. The van der Waals surface area contributed by atoms with Crippen molar-refractivity contribution in [3.05, 3.63) is 63.4 Å². The zero-order valence-corrected chi connectivity index (χ0v) is 40.2. The van der Waals surface area contributed by atoms with Gasteiger partial charge in [0.05, 0.1) is 30.3 Å². The molecule has 6 atom stereocenters. The van der Waals surface area contributed by atoms with Gasteiger partial charge in [-0.1, -0.05) is 75.6 Å². The van der Waals surface area contributed by atoms with E-state index in [4.69, 9.17) is 9.72 Å². The van der Waals surface area contributed by atoms with Crippen LogP contribution in [0.1, 0.15) is 138 Å². The van der Waals surface area contributed by atoms with E-state index in [0.29, 0.717) is 50.2 Å². The minimum absolute atomic E-state index is 0.0483. The number of amides is 3. The molecule has 3 amide bonds. The summed E-state index contributed by atoms with van der Waals surface area (Å²) in [4.78, 5) is 76.3. The van der Waals surface area contributed by atoms with Crippen LogP contribution in [0.25, 0.3) is 0 Å². The maximum atomic E-state index is 15.1. The number of carbonyl (C=O) groups excluding carboxylic acids is 4. The van der Waals surface area contributed by atoms with Gasteiger partial charge >= 0.3 is 11.9 Å². The van der Waals surface area contributed by atoms with Crippen molar-refractivity contribution in [2.75, 3.05) is 26.7 Å². The zero-order chi connectivity index (χ0) is 47.1. The van der Waals surface area contributed by atoms with E-state index in [0.717, 1.165) is 42.6 Å². The van der Waals surface area contributed by atoms with Crippen LogP contribution in [-0.2, 0) is 43.3 Å². The lowest BCUT2D eigenvalue weighted by molar-refractivity contribution is -0.150. The number of aliphatic carboxylic acids is 1. The van der Waals surface area contributed by atoms with Gasteiger partial charge in [0.2, 0.25) is 11.8 Å². The van der Waals surface area contributed by atoms with Gasteiger partial charge in [0.25, 0.3) is 5.91 Å². The molecule has 0 saturated carbocycles. The normalized spacial score (nSPS) is 17.0. The number of likely N-dealkylation sites (N-methyl/N-ethyl adjacent to an activating group) is 1. The number of esters is 1. The maximum absolute atomic E-state index is 15.1. The number of thiazole rings is 1. The molecule has 17 heteroatoms. The zero-order valence-electron chi connectivity index (χ0n) is 39.3. The van der Waals surface area contributed by atoms with Gasteiger partial charge in [-0.25, -0.2) is 9.67 Å². The lowest BCUT2D eigenvalue weighted by Gasteiger charge is -2.40. The number of ether oxygens (including phenoxy) is 1. The van der Waals surface area contributed by atoms with E-state index in [9.17, 15) is 29.4 Å². The number of nitrogens with one attached hydrogen (secondary N) is 2. The van der Waals surface area contributed by atoms with Crippen LogP contribution in [0.2, 0.25) is 0 Å². The molecule has 0 radical (unpaired) electrons. The van der Waals surface area contributed by atoms with Gasteiger partial charge in [-0.05, 0) is 96.7 Å². The summed E-state index contributed by atoms with van der Waals surface area (Å²) in [7, 11) is 1.94. The van der Waals surface area contributed by atoms with Crippen molar-refractivity contribution in [2.45, 2.75) is 156 Å². The van der Waals surface area contributed by atoms with Crippen molar-refractivity contribution in [1.82, 2.24) is 40.4 Å². The van der Waals surface area contributed by atoms with Gasteiger partial charge in [-0.2, -0.15) is 0 Å². The third-order valence-corrected chi connectivity index (χ3v) is 13.3. The molecule has 3 heterocycles. The minimum Gasteiger partial charge on any atom is -0.481 e. The van der Waals surface area contributed by atoms with E-state index >= 15 is 4.79 Å². The molecule has 0 unspecified atom stereocenters. The average Bonchev–Trinajstić information content (AvgIpc) is 3.92. The molecular formula is C47H72N8O8S. The largest absolute Gasteiger partial charge is 0.481 e. The topological polar surface area (TPSA) is 209 Å². The number of likely N-dealkylation sites (tertiary alicyclic amines) is 1. The molecule has 0 bridgehead atoms. The summed E-state index contributed by atoms with van der Waals surface area (Å²) < 4.78 is 7.55. The molecule has 354 valence electrons. The Kier molecular flexibility index (Phi) is 19.9. The number of benzene rings is 1. The molecule has 0 aliphatic carbocycles. The van der Waals surface area contributed by atoms with Crippen LogP contribution in [0.3, 0.4) is 0 Å². The van der Waals surface area contributed by atoms with Crippen molar-refractivity contribution >= 4 is 41.0 Å². The predicted octanol–water partition coefficient (Wildman–Crippen LogP) is 5.76. The van der Waals surface area contributed by atoms with Crippen molar-refractivity contribution in [3.8, 4) is 0 Å². The van der Waals surface area contributed by atoms with Gasteiger partial charge in [0.1, 0.15) is 16.7 Å². The molecule has 1 aromatic carbocycles. The first-order chi connectivity index (χ1) is 30.3. The van der Waals surface area contributed by atoms with E-state index in [2.05, 4.69) is 25.8 Å². The van der Waals surface area contributed by atoms with Crippen molar-refractivity contribution in [1.29, 1.82) is 0 Å². The van der Waals surface area contributed by atoms with Crippen molar-refractivity contribution in [3.63, 3.8) is 0 Å². The van der Waals surface area contributed by atoms with E-state index in [-0.39, 0.29) is 54.8 Å².